The number of rotatable bonds is 8. The van der Waals surface area contributed by atoms with Gasteiger partial charge in [-0.1, -0.05) is 54.6 Å². The van der Waals surface area contributed by atoms with Crippen molar-refractivity contribution in [3.8, 4) is 0 Å². The molecule has 46 heavy (non-hydrogen) atoms. The summed E-state index contributed by atoms with van der Waals surface area (Å²) < 4.78 is 25.4. The number of aliphatic imine (C=N–C) groups is 1. The first-order valence-corrected chi connectivity index (χ1v) is 14.1. The number of ether oxygens (including phenoxy) is 4. The van der Waals surface area contributed by atoms with Crippen LogP contribution in [0, 0.1) is 0 Å². The van der Waals surface area contributed by atoms with Crippen LogP contribution in [0.25, 0.3) is 11.6 Å². The summed E-state index contributed by atoms with van der Waals surface area (Å²) in [5, 5.41) is 3.14. The maximum atomic E-state index is 13.4. The van der Waals surface area contributed by atoms with Gasteiger partial charge in [0.25, 0.3) is 0 Å². The van der Waals surface area contributed by atoms with Gasteiger partial charge in [0, 0.05) is 0 Å². The Morgan fingerprint density at radius 3 is 1.85 bits per heavy atom. The molecule has 1 saturated heterocycles. The predicted molar refractivity (Wildman–Crippen MR) is 163 cm³/mol. The molecule has 0 saturated carbocycles. The molecule has 0 bridgehead atoms. The van der Waals surface area contributed by atoms with Crippen molar-refractivity contribution in [2.45, 2.75) is 24.5 Å². The van der Waals surface area contributed by atoms with Crippen LogP contribution in [0.1, 0.15) is 37.3 Å². The van der Waals surface area contributed by atoms with E-state index in [2.05, 4.69) is 15.3 Å². The van der Waals surface area contributed by atoms with E-state index in [9.17, 15) is 14.4 Å². The minimum atomic E-state index is -1.30. The van der Waals surface area contributed by atoms with Crippen LogP contribution < -0.4 is 33.2 Å². The molecule has 3 aromatic carbocycles. The number of carbonyl (C=O) groups excluding carboxylic acids is 3. The van der Waals surface area contributed by atoms with Gasteiger partial charge in [-0.2, -0.15) is 4.99 Å². The summed E-state index contributed by atoms with van der Waals surface area (Å²) >= 11 is 0. The molecule has 1 aromatic heterocycles. The summed E-state index contributed by atoms with van der Waals surface area (Å²) in [6.07, 6.45) is -3.51. The predicted octanol–water partition coefficient (Wildman–Crippen LogP) is 0.0554. The highest BCUT2D eigenvalue weighted by molar-refractivity contribution is 5.91. The normalized spacial score (nSPS) is 20.5. The summed E-state index contributed by atoms with van der Waals surface area (Å²) in [5.41, 5.74) is 19.1. The van der Waals surface area contributed by atoms with E-state index in [-0.39, 0.29) is 46.0 Å². The highest BCUT2D eigenvalue weighted by Crippen LogP contribution is 2.34. The molecule has 3 heterocycles. The number of nitrogens with two attached hydrogens (primary N) is 3. The van der Waals surface area contributed by atoms with Crippen molar-refractivity contribution >= 4 is 35.5 Å². The first-order valence-electron chi connectivity index (χ1n) is 14.1. The van der Waals surface area contributed by atoms with Crippen LogP contribution in [0.15, 0.2) is 102 Å². The van der Waals surface area contributed by atoms with Gasteiger partial charge < -0.3 is 41.5 Å². The second-order valence-electron chi connectivity index (χ2n) is 10.3. The molecular formula is C32H29N7O7. The van der Waals surface area contributed by atoms with Crippen LogP contribution in [0.5, 0.6) is 0 Å². The average molecular weight is 624 g/mol. The van der Waals surface area contributed by atoms with Crippen molar-refractivity contribution in [2.24, 2.45) is 22.2 Å². The van der Waals surface area contributed by atoms with E-state index in [1.165, 1.54) is 10.9 Å². The number of carbonyl (C=O) groups is 3. The fourth-order valence-corrected chi connectivity index (χ4v) is 5.10. The minimum absolute atomic E-state index is 0.0303. The van der Waals surface area contributed by atoms with E-state index in [4.69, 9.17) is 36.1 Å². The Morgan fingerprint density at radius 2 is 1.28 bits per heavy atom. The summed E-state index contributed by atoms with van der Waals surface area (Å²) in [6.45, 7) is -0.366. The smallest absolute Gasteiger partial charge is 0.338 e. The van der Waals surface area contributed by atoms with E-state index >= 15 is 0 Å². The SMILES string of the molecule is NC1=NC(N)=c2ncn(C3O[C@H](COC(=O)c4ccccc4)[C@@H](OC(=O)c4ccccc4)[C@H]3OC(=O)c3ccccc3)c2=C(N)N1. The van der Waals surface area contributed by atoms with Crippen molar-refractivity contribution in [3.05, 3.63) is 125 Å². The molecule has 2 aliphatic heterocycles. The zero-order valence-electron chi connectivity index (χ0n) is 24.2. The zero-order chi connectivity index (χ0) is 32.2. The fraction of sp³-hybridized carbons (Fsp3) is 0.156. The number of hydrogen-bond donors (Lipinski definition) is 4. The van der Waals surface area contributed by atoms with E-state index in [0.717, 1.165) is 0 Å². The molecular weight excluding hydrogens is 594 g/mol. The maximum Gasteiger partial charge on any atom is 0.338 e. The molecule has 14 nitrogen and oxygen atoms in total. The van der Waals surface area contributed by atoms with Crippen LogP contribution in [0.3, 0.4) is 0 Å². The number of hydrogen-bond acceptors (Lipinski definition) is 13. The fourth-order valence-electron chi connectivity index (χ4n) is 5.10. The Bertz CT molecular complexity index is 1910. The first kappa shape index (κ1) is 29.9. The van der Waals surface area contributed by atoms with Crippen LogP contribution in [0.4, 0.5) is 0 Å². The van der Waals surface area contributed by atoms with Gasteiger partial charge in [0.2, 0.25) is 5.96 Å². The molecule has 1 fully saturated rings. The average Bonchev–Trinajstić information content (AvgIpc) is 3.63. The van der Waals surface area contributed by atoms with E-state index in [1.807, 2.05) is 0 Å². The minimum Gasteiger partial charge on any atom is -0.459 e. The Hall–Kier alpha value is -6.15. The molecule has 7 N–H and O–H groups in total. The van der Waals surface area contributed by atoms with Crippen molar-refractivity contribution < 1.29 is 33.3 Å². The van der Waals surface area contributed by atoms with Gasteiger partial charge in [0.15, 0.2) is 24.3 Å². The lowest BCUT2D eigenvalue weighted by Crippen LogP contribution is -2.46. The van der Waals surface area contributed by atoms with Crippen LogP contribution in [-0.2, 0) is 18.9 Å². The first-order chi connectivity index (χ1) is 22.3. The molecule has 0 spiro atoms. The lowest BCUT2D eigenvalue weighted by atomic mass is 10.1. The third kappa shape index (κ3) is 6.09. The molecule has 0 amide bonds. The van der Waals surface area contributed by atoms with E-state index in [0.29, 0.717) is 5.56 Å². The highest BCUT2D eigenvalue weighted by atomic mass is 16.7. The number of aromatic nitrogens is 2. The second-order valence-corrected chi connectivity index (χ2v) is 10.3. The van der Waals surface area contributed by atoms with Crippen LogP contribution >= 0.6 is 0 Å². The Kier molecular flexibility index (Phi) is 8.34. The number of imidazole rings is 1. The van der Waals surface area contributed by atoms with Crippen molar-refractivity contribution in [2.75, 3.05) is 6.61 Å². The van der Waals surface area contributed by atoms with Crippen molar-refractivity contribution in [1.82, 2.24) is 14.9 Å². The molecule has 234 valence electrons. The third-order valence-corrected chi connectivity index (χ3v) is 7.25. The number of nitrogens with zero attached hydrogens (tertiary/aromatic N) is 3. The molecule has 2 aliphatic rings. The van der Waals surface area contributed by atoms with Crippen molar-refractivity contribution in [1.29, 1.82) is 0 Å². The number of guanidine groups is 1. The quantitative estimate of drug-likeness (QED) is 0.152. The molecule has 1 unspecified atom stereocenters. The second kappa shape index (κ2) is 12.8. The Balaban J connectivity index is 1.42. The van der Waals surface area contributed by atoms with E-state index < -0.39 is 42.4 Å². The van der Waals surface area contributed by atoms with Crippen LogP contribution in [-0.4, -0.2) is 58.3 Å². The lowest BCUT2D eigenvalue weighted by molar-refractivity contribution is -0.0632. The van der Waals surface area contributed by atoms with Gasteiger partial charge >= 0.3 is 17.9 Å². The lowest BCUT2D eigenvalue weighted by Gasteiger charge is -2.25. The summed E-state index contributed by atoms with van der Waals surface area (Å²) in [6, 6.07) is 24.9. The molecule has 14 heteroatoms. The molecule has 6 rings (SSSR count). The van der Waals surface area contributed by atoms with Gasteiger partial charge in [0.05, 0.1) is 23.0 Å². The molecule has 4 atom stereocenters. The number of nitrogens with one attached hydrogen (secondary N) is 1. The van der Waals surface area contributed by atoms with Gasteiger partial charge in [0.1, 0.15) is 29.2 Å². The monoisotopic (exact) mass is 623 g/mol. The molecule has 0 radical (unpaired) electrons. The van der Waals surface area contributed by atoms with Gasteiger partial charge in [-0.05, 0) is 36.4 Å². The molecule has 0 aliphatic carbocycles. The number of benzene rings is 3. The van der Waals surface area contributed by atoms with Crippen molar-refractivity contribution in [3.63, 3.8) is 0 Å². The van der Waals surface area contributed by atoms with E-state index in [1.54, 1.807) is 91.0 Å². The van der Waals surface area contributed by atoms with Gasteiger partial charge in [-0.25, -0.2) is 19.4 Å². The van der Waals surface area contributed by atoms with Crippen LogP contribution in [0.2, 0.25) is 0 Å². The largest absolute Gasteiger partial charge is 0.459 e. The van der Waals surface area contributed by atoms with Gasteiger partial charge in [-0.15, -0.1) is 0 Å². The Morgan fingerprint density at radius 1 is 0.761 bits per heavy atom. The third-order valence-electron chi connectivity index (χ3n) is 7.25. The maximum absolute atomic E-state index is 13.4. The topological polar surface area (TPSA) is 208 Å². The highest BCUT2D eigenvalue weighted by Gasteiger charge is 2.51. The van der Waals surface area contributed by atoms with Gasteiger partial charge in [-0.3, -0.25) is 4.57 Å². The Labute approximate surface area is 261 Å². The summed E-state index contributed by atoms with van der Waals surface area (Å²) in [5.74, 6) is -2.14. The zero-order valence-corrected chi connectivity index (χ0v) is 24.2. The summed E-state index contributed by atoms with van der Waals surface area (Å²) in [7, 11) is 0. The summed E-state index contributed by atoms with van der Waals surface area (Å²) in [4.78, 5) is 48.1. The standard InChI is InChI=1S/C32H29N7O7/c33-26-22-23(27(34)38-32(35)37-26)39(17-36-22)28-25(46-31(42)20-14-8-3-9-15-20)24(45-30(41)19-12-6-2-7-13-19)21(44-28)16-43-29(40)18-10-4-1-5-11-18/h1-15,17,21,24-25,28H,16,33-34H2,(H3,35,37,38)/t21-,24-,25-,28?/m1/s1. The molecule has 4 aromatic rings. The number of fused-ring (bicyclic) bond motifs is 1. The number of esters is 3.